The van der Waals surface area contributed by atoms with E-state index in [2.05, 4.69) is 15.3 Å². The Morgan fingerprint density at radius 3 is 2.93 bits per heavy atom. The van der Waals surface area contributed by atoms with Crippen LogP contribution in [0.15, 0.2) is 12.5 Å². The number of nitrogens with zero attached hydrogens (tertiary/aromatic N) is 1. The third kappa shape index (κ3) is 2.89. The van der Waals surface area contributed by atoms with Crippen molar-refractivity contribution in [3.8, 4) is 0 Å². The molecule has 1 amide bonds. The highest BCUT2D eigenvalue weighted by Gasteiger charge is 2.14. The van der Waals surface area contributed by atoms with E-state index in [1.807, 2.05) is 0 Å². The van der Waals surface area contributed by atoms with Gasteiger partial charge in [-0.15, -0.1) is 0 Å². The highest BCUT2D eigenvalue weighted by Crippen LogP contribution is 1.93. The summed E-state index contributed by atoms with van der Waals surface area (Å²) in [5, 5.41) is 10.9. The maximum absolute atomic E-state index is 11.2. The monoisotopic (exact) mass is 197 g/mol. The van der Waals surface area contributed by atoms with Crippen LogP contribution in [-0.2, 0) is 16.0 Å². The van der Waals surface area contributed by atoms with Gasteiger partial charge in [-0.05, 0) is 6.92 Å². The van der Waals surface area contributed by atoms with E-state index in [4.69, 9.17) is 5.11 Å². The Morgan fingerprint density at radius 1 is 1.71 bits per heavy atom. The SMILES string of the molecule is C[C@H](NC(=O)Cc1cnc[nH]1)C(=O)O. The lowest BCUT2D eigenvalue weighted by Crippen LogP contribution is -2.39. The molecule has 6 heteroatoms. The second-order valence-electron chi connectivity index (χ2n) is 2.88. The first-order valence-electron chi connectivity index (χ1n) is 4.09. The highest BCUT2D eigenvalue weighted by atomic mass is 16.4. The van der Waals surface area contributed by atoms with E-state index in [0.29, 0.717) is 5.69 Å². The molecule has 0 saturated carbocycles. The van der Waals surface area contributed by atoms with Gasteiger partial charge in [-0.25, -0.2) is 4.98 Å². The second-order valence-corrected chi connectivity index (χ2v) is 2.88. The number of carboxylic acid groups (broad SMARTS) is 1. The molecule has 14 heavy (non-hydrogen) atoms. The van der Waals surface area contributed by atoms with Crippen LogP contribution in [0.25, 0.3) is 0 Å². The first-order valence-corrected chi connectivity index (χ1v) is 4.09. The maximum atomic E-state index is 11.2. The summed E-state index contributed by atoms with van der Waals surface area (Å²) in [6.07, 6.45) is 3.09. The van der Waals surface area contributed by atoms with Gasteiger partial charge in [0.05, 0.1) is 12.7 Å². The lowest BCUT2D eigenvalue weighted by molar-refractivity contribution is -0.141. The zero-order valence-corrected chi connectivity index (χ0v) is 7.65. The van der Waals surface area contributed by atoms with Gasteiger partial charge in [0.1, 0.15) is 6.04 Å². The fourth-order valence-electron chi connectivity index (χ4n) is 0.909. The van der Waals surface area contributed by atoms with Crippen molar-refractivity contribution in [3.05, 3.63) is 18.2 Å². The molecule has 0 aliphatic carbocycles. The summed E-state index contributed by atoms with van der Waals surface area (Å²) in [4.78, 5) is 28.1. The zero-order valence-electron chi connectivity index (χ0n) is 7.65. The quantitative estimate of drug-likeness (QED) is 0.608. The number of nitrogens with one attached hydrogen (secondary N) is 2. The van der Waals surface area contributed by atoms with Crippen molar-refractivity contribution in [2.45, 2.75) is 19.4 Å². The minimum absolute atomic E-state index is 0.109. The maximum Gasteiger partial charge on any atom is 0.325 e. The summed E-state index contributed by atoms with van der Waals surface area (Å²) in [6.45, 7) is 1.41. The summed E-state index contributed by atoms with van der Waals surface area (Å²) in [7, 11) is 0. The molecule has 1 heterocycles. The van der Waals surface area contributed by atoms with Crippen LogP contribution in [0.3, 0.4) is 0 Å². The first-order chi connectivity index (χ1) is 6.59. The van der Waals surface area contributed by atoms with Crippen molar-refractivity contribution in [3.63, 3.8) is 0 Å². The third-order valence-corrected chi connectivity index (χ3v) is 1.65. The molecular formula is C8H11N3O3. The lowest BCUT2D eigenvalue weighted by Gasteiger charge is -2.07. The minimum atomic E-state index is -1.05. The smallest absolute Gasteiger partial charge is 0.325 e. The van der Waals surface area contributed by atoms with Crippen LogP contribution in [-0.4, -0.2) is 33.0 Å². The van der Waals surface area contributed by atoms with Crippen molar-refractivity contribution >= 4 is 11.9 Å². The Kier molecular flexibility index (Phi) is 3.22. The van der Waals surface area contributed by atoms with Gasteiger partial charge in [0, 0.05) is 11.9 Å². The van der Waals surface area contributed by atoms with Gasteiger partial charge in [-0.2, -0.15) is 0 Å². The van der Waals surface area contributed by atoms with Crippen molar-refractivity contribution in [2.75, 3.05) is 0 Å². The van der Waals surface area contributed by atoms with E-state index in [0.717, 1.165) is 0 Å². The lowest BCUT2D eigenvalue weighted by atomic mass is 10.3. The molecule has 0 aromatic carbocycles. The molecule has 76 valence electrons. The van der Waals surface area contributed by atoms with E-state index in [1.54, 1.807) is 0 Å². The van der Waals surface area contributed by atoms with E-state index in [-0.39, 0.29) is 12.3 Å². The summed E-state index contributed by atoms with van der Waals surface area (Å²) >= 11 is 0. The Balaban J connectivity index is 2.40. The van der Waals surface area contributed by atoms with Crippen molar-refractivity contribution in [1.29, 1.82) is 0 Å². The topological polar surface area (TPSA) is 95.1 Å². The molecule has 0 saturated heterocycles. The molecule has 0 aliphatic rings. The highest BCUT2D eigenvalue weighted by molar-refractivity contribution is 5.84. The number of rotatable bonds is 4. The van der Waals surface area contributed by atoms with Gasteiger partial charge >= 0.3 is 5.97 Å². The van der Waals surface area contributed by atoms with Crippen LogP contribution in [0.2, 0.25) is 0 Å². The van der Waals surface area contributed by atoms with Crippen LogP contribution in [0.5, 0.6) is 0 Å². The zero-order chi connectivity index (χ0) is 10.6. The number of hydrogen-bond donors (Lipinski definition) is 3. The van der Waals surface area contributed by atoms with Gasteiger partial charge in [-0.3, -0.25) is 9.59 Å². The molecule has 1 aromatic heterocycles. The Morgan fingerprint density at radius 2 is 2.43 bits per heavy atom. The van der Waals surface area contributed by atoms with Gasteiger partial charge in [-0.1, -0.05) is 0 Å². The molecule has 6 nitrogen and oxygen atoms in total. The third-order valence-electron chi connectivity index (χ3n) is 1.65. The van der Waals surface area contributed by atoms with Crippen LogP contribution >= 0.6 is 0 Å². The Labute approximate surface area is 80.4 Å². The standard InChI is InChI=1S/C8H11N3O3/c1-5(8(13)14)11-7(12)2-6-3-9-4-10-6/h3-5H,2H2,1H3,(H,9,10)(H,11,12)(H,13,14)/t5-/m0/s1. The molecule has 0 aliphatic heterocycles. The summed E-state index contributed by atoms with van der Waals surface area (Å²) < 4.78 is 0. The fourth-order valence-corrected chi connectivity index (χ4v) is 0.909. The Bertz CT molecular complexity index is 321. The number of carboxylic acids is 1. The largest absolute Gasteiger partial charge is 0.480 e. The molecule has 0 bridgehead atoms. The van der Waals surface area contributed by atoms with Crippen LogP contribution in [0, 0.1) is 0 Å². The number of aromatic amines is 1. The number of carbonyl (C=O) groups excluding carboxylic acids is 1. The minimum Gasteiger partial charge on any atom is -0.480 e. The van der Waals surface area contributed by atoms with E-state index >= 15 is 0 Å². The van der Waals surface area contributed by atoms with E-state index in [9.17, 15) is 9.59 Å². The number of aromatic nitrogens is 2. The number of hydrogen-bond acceptors (Lipinski definition) is 3. The van der Waals surface area contributed by atoms with Gasteiger partial charge in [0.2, 0.25) is 5.91 Å². The summed E-state index contributed by atoms with van der Waals surface area (Å²) in [6, 6.07) is -0.870. The molecule has 3 N–H and O–H groups in total. The molecule has 0 fully saturated rings. The normalized spacial score (nSPS) is 12.1. The predicted molar refractivity (Wildman–Crippen MR) is 47.5 cm³/mol. The molecule has 0 radical (unpaired) electrons. The molecule has 0 spiro atoms. The number of imidazole rings is 1. The molecular weight excluding hydrogens is 186 g/mol. The molecule has 1 rings (SSSR count). The number of carbonyl (C=O) groups is 2. The molecule has 0 unspecified atom stereocenters. The Hall–Kier alpha value is -1.85. The predicted octanol–water partition coefficient (Wildman–Crippen LogP) is -0.459. The van der Waals surface area contributed by atoms with Crippen LogP contribution in [0.4, 0.5) is 0 Å². The average Bonchev–Trinajstić information content (AvgIpc) is 2.56. The average molecular weight is 197 g/mol. The van der Waals surface area contributed by atoms with Gasteiger partial charge in [0.25, 0.3) is 0 Å². The second kappa shape index (κ2) is 4.40. The fraction of sp³-hybridized carbons (Fsp3) is 0.375. The van der Waals surface area contributed by atoms with E-state index < -0.39 is 12.0 Å². The summed E-state index contributed by atoms with van der Waals surface area (Å²) in [5.74, 6) is -1.40. The van der Waals surface area contributed by atoms with Gasteiger partial charge < -0.3 is 15.4 Å². The molecule has 1 aromatic rings. The number of H-pyrrole nitrogens is 1. The number of aliphatic carboxylic acids is 1. The van der Waals surface area contributed by atoms with E-state index in [1.165, 1.54) is 19.4 Å². The van der Waals surface area contributed by atoms with Crippen molar-refractivity contribution in [2.24, 2.45) is 0 Å². The van der Waals surface area contributed by atoms with Gasteiger partial charge in [0.15, 0.2) is 0 Å². The summed E-state index contributed by atoms with van der Waals surface area (Å²) in [5.41, 5.74) is 0.653. The van der Waals surface area contributed by atoms with Crippen molar-refractivity contribution in [1.82, 2.24) is 15.3 Å². The number of amides is 1. The van der Waals surface area contributed by atoms with Crippen LogP contribution < -0.4 is 5.32 Å². The van der Waals surface area contributed by atoms with Crippen LogP contribution in [0.1, 0.15) is 12.6 Å². The van der Waals surface area contributed by atoms with Crippen molar-refractivity contribution < 1.29 is 14.7 Å². The molecule has 1 atom stereocenters. The first kappa shape index (κ1) is 10.2.